The van der Waals surface area contributed by atoms with Gasteiger partial charge in [0, 0.05) is 30.5 Å². The van der Waals surface area contributed by atoms with Crippen LogP contribution < -0.4 is 15.5 Å². The van der Waals surface area contributed by atoms with Gasteiger partial charge in [0.2, 0.25) is 0 Å². The van der Waals surface area contributed by atoms with Gasteiger partial charge in [0.05, 0.1) is 6.54 Å². The van der Waals surface area contributed by atoms with Crippen molar-refractivity contribution in [2.24, 2.45) is 0 Å². The average molecular weight is 320 g/mol. The summed E-state index contributed by atoms with van der Waals surface area (Å²) in [5.41, 5.74) is 2.04. The third kappa shape index (κ3) is 3.70. The van der Waals surface area contributed by atoms with E-state index >= 15 is 0 Å². The number of nitrogens with one attached hydrogen (secondary N) is 2. The van der Waals surface area contributed by atoms with Crippen LogP contribution in [0.3, 0.4) is 0 Å². The Hall–Kier alpha value is -3.33. The molecular formula is C18H16N4O2. The van der Waals surface area contributed by atoms with Crippen LogP contribution in [0.25, 0.3) is 0 Å². The monoisotopic (exact) mass is 320 g/mol. The fraction of sp³-hybridized carbons (Fsp3) is 0.167. The van der Waals surface area contributed by atoms with Crippen LogP contribution >= 0.6 is 0 Å². The first-order valence-corrected chi connectivity index (χ1v) is 7.57. The van der Waals surface area contributed by atoms with Gasteiger partial charge >= 0.3 is 6.03 Å². The molecule has 0 unspecified atom stereocenters. The van der Waals surface area contributed by atoms with Gasteiger partial charge < -0.3 is 10.6 Å². The first-order chi connectivity index (χ1) is 11.7. The van der Waals surface area contributed by atoms with Crippen molar-refractivity contribution in [3.63, 3.8) is 0 Å². The van der Waals surface area contributed by atoms with E-state index in [2.05, 4.69) is 27.5 Å². The number of carbonyl (C=O) groups is 2. The van der Waals surface area contributed by atoms with Gasteiger partial charge in [-0.25, -0.2) is 4.79 Å². The van der Waals surface area contributed by atoms with Gasteiger partial charge in [-0.3, -0.25) is 14.7 Å². The number of pyridine rings is 1. The van der Waals surface area contributed by atoms with E-state index in [0.29, 0.717) is 18.8 Å². The molecular weight excluding hydrogens is 304 g/mol. The molecule has 0 saturated carbocycles. The maximum absolute atomic E-state index is 11.8. The quantitative estimate of drug-likeness (QED) is 0.839. The lowest BCUT2D eigenvalue weighted by Gasteiger charge is -2.13. The Kier molecular flexibility index (Phi) is 4.73. The molecule has 2 heterocycles. The van der Waals surface area contributed by atoms with E-state index < -0.39 is 0 Å². The highest BCUT2D eigenvalue weighted by molar-refractivity contribution is 5.94. The predicted octanol–water partition coefficient (Wildman–Crippen LogP) is 1.39. The van der Waals surface area contributed by atoms with Gasteiger partial charge in [-0.1, -0.05) is 17.9 Å². The van der Waals surface area contributed by atoms with Crippen molar-refractivity contribution in [2.75, 3.05) is 24.5 Å². The second-order valence-corrected chi connectivity index (χ2v) is 5.13. The number of benzene rings is 1. The fourth-order valence-corrected chi connectivity index (χ4v) is 2.30. The molecule has 0 bridgehead atoms. The molecule has 3 amide bonds. The second-order valence-electron chi connectivity index (χ2n) is 5.13. The number of aromatic nitrogens is 1. The van der Waals surface area contributed by atoms with Crippen LogP contribution in [-0.2, 0) is 0 Å². The van der Waals surface area contributed by atoms with Gasteiger partial charge in [0.1, 0.15) is 5.69 Å². The SMILES string of the molecule is O=C(NCC#Cc1ccc(N2CCNC2=O)cc1)c1ccccn1. The number of anilines is 1. The summed E-state index contributed by atoms with van der Waals surface area (Å²) in [6.45, 7) is 1.57. The Labute approximate surface area is 139 Å². The van der Waals surface area contributed by atoms with Crippen molar-refractivity contribution in [3.8, 4) is 11.8 Å². The topological polar surface area (TPSA) is 74.3 Å². The third-order valence-electron chi connectivity index (χ3n) is 3.50. The lowest BCUT2D eigenvalue weighted by Crippen LogP contribution is -2.27. The number of rotatable bonds is 3. The van der Waals surface area contributed by atoms with Crippen molar-refractivity contribution in [2.45, 2.75) is 0 Å². The van der Waals surface area contributed by atoms with Crippen molar-refractivity contribution < 1.29 is 9.59 Å². The molecule has 1 aliphatic rings. The molecule has 24 heavy (non-hydrogen) atoms. The van der Waals surface area contributed by atoms with Gasteiger partial charge in [0.15, 0.2) is 0 Å². The van der Waals surface area contributed by atoms with Crippen LogP contribution in [0.1, 0.15) is 16.1 Å². The summed E-state index contributed by atoms with van der Waals surface area (Å²) in [6.07, 6.45) is 1.57. The number of nitrogens with zero attached hydrogens (tertiary/aromatic N) is 2. The molecule has 2 aromatic rings. The molecule has 1 fully saturated rings. The second kappa shape index (κ2) is 7.29. The van der Waals surface area contributed by atoms with E-state index in [0.717, 1.165) is 11.3 Å². The van der Waals surface area contributed by atoms with E-state index in [9.17, 15) is 9.59 Å². The standard InChI is InChI=1S/C18H16N4O2/c23-17(16-5-1-2-10-19-16)20-11-3-4-14-6-8-15(9-7-14)22-13-12-21-18(22)24/h1-2,5-10H,11-13H2,(H,20,23)(H,21,24). The summed E-state index contributed by atoms with van der Waals surface area (Å²) in [6, 6.07) is 12.5. The highest BCUT2D eigenvalue weighted by Crippen LogP contribution is 2.16. The molecule has 6 nitrogen and oxygen atoms in total. The van der Waals surface area contributed by atoms with E-state index in [4.69, 9.17) is 0 Å². The summed E-state index contributed by atoms with van der Waals surface area (Å²) < 4.78 is 0. The fourth-order valence-electron chi connectivity index (χ4n) is 2.30. The van der Waals surface area contributed by atoms with Crippen molar-refractivity contribution in [3.05, 3.63) is 59.9 Å². The Bertz CT molecular complexity index is 791. The molecule has 6 heteroatoms. The van der Waals surface area contributed by atoms with Crippen LogP contribution in [-0.4, -0.2) is 36.6 Å². The summed E-state index contributed by atoms with van der Waals surface area (Å²) in [7, 11) is 0. The summed E-state index contributed by atoms with van der Waals surface area (Å²) in [4.78, 5) is 29.0. The molecule has 1 aliphatic heterocycles. The Morgan fingerprint density at radius 2 is 2.08 bits per heavy atom. The number of hydrogen-bond donors (Lipinski definition) is 2. The summed E-state index contributed by atoms with van der Waals surface area (Å²) >= 11 is 0. The molecule has 1 aromatic heterocycles. The average Bonchev–Trinajstić information content (AvgIpc) is 3.06. The summed E-state index contributed by atoms with van der Waals surface area (Å²) in [5.74, 6) is 5.62. The minimum absolute atomic E-state index is 0.0777. The van der Waals surface area contributed by atoms with E-state index in [-0.39, 0.29) is 18.5 Å². The number of hydrogen-bond acceptors (Lipinski definition) is 3. The lowest BCUT2D eigenvalue weighted by molar-refractivity contribution is 0.0953. The van der Waals surface area contributed by atoms with Crippen LogP contribution in [0, 0.1) is 11.8 Å². The van der Waals surface area contributed by atoms with Crippen LogP contribution in [0.15, 0.2) is 48.7 Å². The zero-order valence-corrected chi connectivity index (χ0v) is 13.0. The minimum atomic E-state index is -0.250. The highest BCUT2D eigenvalue weighted by Gasteiger charge is 2.20. The molecule has 1 aromatic carbocycles. The van der Waals surface area contributed by atoms with E-state index in [1.165, 1.54) is 0 Å². The molecule has 0 radical (unpaired) electrons. The summed E-state index contributed by atoms with van der Waals surface area (Å²) in [5, 5.41) is 5.46. The molecule has 0 spiro atoms. The maximum Gasteiger partial charge on any atom is 0.321 e. The van der Waals surface area contributed by atoms with Gasteiger partial charge in [-0.15, -0.1) is 0 Å². The van der Waals surface area contributed by atoms with Crippen LogP contribution in [0.5, 0.6) is 0 Å². The van der Waals surface area contributed by atoms with Crippen molar-refractivity contribution in [1.29, 1.82) is 0 Å². The smallest absolute Gasteiger partial charge is 0.321 e. The molecule has 0 aliphatic carbocycles. The molecule has 0 atom stereocenters. The molecule has 1 saturated heterocycles. The van der Waals surface area contributed by atoms with E-state index in [1.807, 2.05) is 24.3 Å². The Morgan fingerprint density at radius 3 is 2.75 bits per heavy atom. The minimum Gasteiger partial charge on any atom is -0.340 e. The zero-order chi connectivity index (χ0) is 16.8. The largest absolute Gasteiger partial charge is 0.340 e. The molecule has 3 rings (SSSR count). The molecule has 2 N–H and O–H groups in total. The number of amides is 3. The van der Waals surface area contributed by atoms with Crippen LogP contribution in [0.4, 0.5) is 10.5 Å². The maximum atomic E-state index is 11.8. The van der Waals surface area contributed by atoms with Crippen molar-refractivity contribution in [1.82, 2.24) is 15.6 Å². The van der Waals surface area contributed by atoms with Gasteiger partial charge in [-0.2, -0.15) is 0 Å². The molecule has 120 valence electrons. The number of urea groups is 1. The third-order valence-corrected chi connectivity index (χ3v) is 3.50. The zero-order valence-electron chi connectivity index (χ0n) is 13.0. The van der Waals surface area contributed by atoms with Gasteiger partial charge in [0.25, 0.3) is 5.91 Å². The number of carbonyl (C=O) groups excluding carboxylic acids is 2. The van der Waals surface area contributed by atoms with Crippen molar-refractivity contribution >= 4 is 17.6 Å². The van der Waals surface area contributed by atoms with E-state index in [1.54, 1.807) is 29.3 Å². The Balaban J connectivity index is 1.54. The normalized spacial score (nSPS) is 13.0. The predicted molar refractivity (Wildman–Crippen MR) is 90.6 cm³/mol. The van der Waals surface area contributed by atoms with Crippen LogP contribution in [0.2, 0.25) is 0 Å². The highest BCUT2D eigenvalue weighted by atomic mass is 16.2. The lowest BCUT2D eigenvalue weighted by atomic mass is 10.2. The van der Waals surface area contributed by atoms with Gasteiger partial charge in [-0.05, 0) is 36.4 Å². The first-order valence-electron chi connectivity index (χ1n) is 7.57. The first kappa shape index (κ1) is 15.6. The Morgan fingerprint density at radius 1 is 1.25 bits per heavy atom.